The molecule has 0 spiro atoms. The molecule has 132 valence electrons. The van der Waals surface area contributed by atoms with Crippen molar-refractivity contribution >= 4 is 11.9 Å². The Kier molecular flexibility index (Phi) is 11.5. The lowest BCUT2D eigenvalue weighted by molar-refractivity contribution is -0.140. The zero-order chi connectivity index (χ0) is 18.4. The van der Waals surface area contributed by atoms with Crippen LogP contribution in [0.15, 0.2) is 54.6 Å². The summed E-state index contributed by atoms with van der Waals surface area (Å²) >= 11 is 0. The minimum absolute atomic E-state index is 0.176. The molecule has 0 saturated heterocycles. The minimum Gasteiger partial charge on any atom is -0.491 e. The van der Waals surface area contributed by atoms with Gasteiger partial charge >= 0.3 is 11.9 Å². The molecule has 0 aliphatic carbocycles. The highest BCUT2D eigenvalue weighted by Crippen LogP contribution is 2.07. The van der Waals surface area contributed by atoms with Gasteiger partial charge in [0, 0.05) is 11.1 Å². The van der Waals surface area contributed by atoms with Crippen LogP contribution in [-0.2, 0) is 19.1 Å². The van der Waals surface area contributed by atoms with Crippen LogP contribution in [-0.4, -0.2) is 43.5 Å². The van der Waals surface area contributed by atoms with Gasteiger partial charge in [0.1, 0.15) is 19.0 Å². The van der Waals surface area contributed by atoms with Crippen molar-refractivity contribution in [3.63, 3.8) is 0 Å². The van der Waals surface area contributed by atoms with E-state index in [1.807, 2.05) is 30.3 Å². The van der Waals surface area contributed by atoms with Crippen LogP contribution in [0.3, 0.4) is 0 Å². The molecule has 0 aromatic heterocycles. The highest BCUT2D eigenvalue weighted by Gasteiger charge is 2.01. The molecule has 0 aliphatic rings. The molecular weight excluding hydrogens is 312 g/mol. The summed E-state index contributed by atoms with van der Waals surface area (Å²) in [6.45, 7) is 11.2. The SMILES string of the molecule is C=C(C)C(=O)O.C=C(C)C(=O)OCCOCCOc1ccccc1. The van der Waals surface area contributed by atoms with Gasteiger partial charge in [-0.2, -0.15) is 0 Å². The van der Waals surface area contributed by atoms with Crippen molar-refractivity contribution in [3.8, 4) is 5.75 Å². The van der Waals surface area contributed by atoms with Gasteiger partial charge in [0.25, 0.3) is 0 Å². The van der Waals surface area contributed by atoms with Gasteiger partial charge in [-0.15, -0.1) is 0 Å². The fourth-order valence-corrected chi connectivity index (χ4v) is 1.15. The molecule has 0 unspecified atom stereocenters. The maximum atomic E-state index is 11.0. The molecule has 6 nitrogen and oxygen atoms in total. The summed E-state index contributed by atoms with van der Waals surface area (Å²) in [5, 5.41) is 7.89. The summed E-state index contributed by atoms with van der Waals surface area (Å²) in [6.07, 6.45) is 0. The molecular formula is C18H24O6. The maximum Gasteiger partial charge on any atom is 0.333 e. The number of para-hydroxylation sites is 1. The quantitative estimate of drug-likeness (QED) is 0.424. The second-order valence-electron chi connectivity index (χ2n) is 4.78. The highest BCUT2D eigenvalue weighted by molar-refractivity contribution is 5.86. The Hall–Kier alpha value is -2.60. The van der Waals surface area contributed by atoms with Crippen LogP contribution in [0.25, 0.3) is 0 Å². The summed E-state index contributed by atoms with van der Waals surface area (Å²) < 4.78 is 15.5. The number of carbonyl (C=O) groups is 2. The topological polar surface area (TPSA) is 82.1 Å². The van der Waals surface area contributed by atoms with Gasteiger partial charge in [-0.25, -0.2) is 9.59 Å². The first-order valence-corrected chi connectivity index (χ1v) is 7.31. The lowest BCUT2D eigenvalue weighted by Crippen LogP contribution is -2.13. The molecule has 1 rings (SSSR count). The van der Waals surface area contributed by atoms with Gasteiger partial charge in [0.05, 0.1) is 13.2 Å². The number of ether oxygens (including phenoxy) is 3. The molecule has 1 N–H and O–H groups in total. The predicted octanol–water partition coefficient (Wildman–Crippen LogP) is 2.85. The van der Waals surface area contributed by atoms with Gasteiger partial charge in [0.15, 0.2) is 0 Å². The first-order chi connectivity index (χ1) is 11.3. The van der Waals surface area contributed by atoms with Gasteiger partial charge < -0.3 is 19.3 Å². The summed E-state index contributed by atoms with van der Waals surface area (Å²) in [5.74, 6) is -0.510. The van der Waals surface area contributed by atoms with E-state index in [0.717, 1.165) is 5.75 Å². The van der Waals surface area contributed by atoms with Crippen molar-refractivity contribution in [2.45, 2.75) is 13.8 Å². The monoisotopic (exact) mass is 336 g/mol. The Morgan fingerprint density at radius 1 is 0.958 bits per heavy atom. The van der Waals surface area contributed by atoms with E-state index in [4.69, 9.17) is 19.3 Å². The van der Waals surface area contributed by atoms with E-state index in [9.17, 15) is 9.59 Å². The van der Waals surface area contributed by atoms with Crippen LogP contribution in [0.5, 0.6) is 5.75 Å². The van der Waals surface area contributed by atoms with Gasteiger partial charge in [-0.05, 0) is 26.0 Å². The minimum atomic E-state index is -0.935. The lowest BCUT2D eigenvalue weighted by Gasteiger charge is -2.07. The average Bonchev–Trinajstić information content (AvgIpc) is 2.55. The Morgan fingerprint density at radius 3 is 2.00 bits per heavy atom. The average molecular weight is 336 g/mol. The number of hydrogen-bond donors (Lipinski definition) is 1. The number of aliphatic carboxylic acids is 1. The standard InChI is InChI=1S/C14H18O4.C4H6O2/c1-12(2)14(15)18-11-9-16-8-10-17-13-6-4-3-5-7-13;1-3(2)4(5)6/h3-7H,1,8-11H2,2H3;1H2,2H3,(H,5,6). The zero-order valence-electron chi connectivity index (χ0n) is 14.1. The molecule has 6 heteroatoms. The molecule has 0 saturated carbocycles. The fourth-order valence-electron chi connectivity index (χ4n) is 1.15. The van der Waals surface area contributed by atoms with E-state index in [1.165, 1.54) is 6.92 Å². The van der Waals surface area contributed by atoms with E-state index in [-0.39, 0.29) is 18.1 Å². The summed E-state index contributed by atoms with van der Waals surface area (Å²) in [6, 6.07) is 9.52. The first kappa shape index (κ1) is 21.4. The van der Waals surface area contributed by atoms with Crippen molar-refractivity contribution < 1.29 is 28.9 Å². The van der Waals surface area contributed by atoms with Crippen LogP contribution >= 0.6 is 0 Å². The van der Waals surface area contributed by atoms with Crippen LogP contribution in [0.1, 0.15) is 13.8 Å². The predicted molar refractivity (Wildman–Crippen MR) is 91.0 cm³/mol. The van der Waals surface area contributed by atoms with Crippen molar-refractivity contribution in [3.05, 3.63) is 54.6 Å². The largest absolute Gasteiger partial charge is 0.491 e. The number of carboxylic acid groups (broad SMARTS) is 1. The number of rotatable bonds is 9. The summed E-state index contributed by atoms with van der Waals surface area (Å²) in [7, 11) is 0. The van der Waals surface area contributed by atoms with Crippen LogP contribution < -0.4 is 4.74 Å². The second kappa shape index (κ2) is 12.9. The molecule has 0 heterocycles. The zero-order valence-corrected chi connectivity index (χ0v) is 14.1. The Bertz CT molecular complexity index is 524. The third kappa shape index (κ3) is 12.0. The van der Waals surface area contributed by atoms with E-state index < -0.39 is 5.97 Å². The van der Waals surface area contributed by atoms with Crippen LogP contribution in [0, 0.1) is 0 Å². The third-order valence-electron chi connectivity index (χ3n) is 2.41. The lowest BCUT2D eigenvalue weighted by atomic mass is 10.3. The second-order valence-corrected chi connectivity index (χ2v) is 4.78. The molecule has 0 amide bonds. The number of benzene rings is 1. The van der Waals surface area contributed by atoms with Gasteiger partial charge in [-0.1, -0.05) is 31.4 Å². The Morgan fingerprint density at radius 2 is 1.50 bits per heavy atom. The van der Waals surface area contributed by atoms with Crippen molar-refractivity contribution in [2.24, 2.45) is 0 Å². The Balaban J connectivity index is 0.000000754. The summed E-state index contributed by atoms with van der Waals surface area (Å²) in [5.41, 5.74) is 0.567. The van der Waals surface area contributed by atoms with E-state index in [0.29, 0.717) is 25.4 Å². The molecule has 1 aromatic rings. The number of esters is 1. The van der Waals surface area contributed by atoms with E-state index in [2.05, 4.69) is 13.2 Å². The fraction of sp³-hybridized carbons (Fsp3) is 0.333. The molecule has 0 radical (unpaired) electrons. The molecule has 1 aromatic carbocycles. The third-order valence-corrected chi connectivity index (χ3v) is 2.41. The highest BCUT2D eigenvalue weighted by atomic mass is 16.6. The molecule has 0 bridgehead atoms. The number of hydrogen-bond acceptors (Lipinski definition) is 5. The smallest absolute Gasteiger partial charge is 0.333 e. The summed E-state index contributed by atoms with van der Waals surface area (Å²) in [4.78, 5) is 20.6. The van der Waals surface area contributed by atoms with Crippen molar-refractivity contribution in [1.29, 1.82) is 0 Å². The van der Waals surface area contributed by atoms with E-state index in [1.54, 1.807) is 6.92 Å². The van der Waals surface area contributed by atoms with Gasteiger partial charge in [-0.3, -0.25) is 0 Å². The van der Waals surface area contributed by atoms with Crippen molar-refractivity contribution in [2.75, 3.05) is 26.4 Å². The molecule has 0 aliphatic heterocycles. The Labute approximate surface area is 142 Å². The van der Waals surface area contributed by atoms with Crippen LogP contribution in [0.4, 0.5) is 0 Å². The van der Waals surface area contributed by atoms with Crippen LogP contribution in [0.2, 0.25) is 0 Å². The number of carbonyl (C=O) groups excluding carboxylic acids is 1. The van der Waals surface area contributed by atoms with Gasteiger partial charge in [0.2, 0.25) is 0 Å². The number of carboxylic acids is 1. The first-order valence-electron chi connectivity index (χ1n) is 7.31. The van der Waals surface area contributed by atoms with Crippen molar-refractivity contribution in [1.82, 2.24) is 0 Å². The molecule has 24 heavy (non-hydrogen) atoms. The molecule has 0 atom stereocenters. The maximum absolute atomic E-state index is 11.0. The van der Waals surface area contributed by atoms with E-state index >= 15 is 0 Å². The molecule has 0 fully saturated rings. The normalized spacial score (nSPS) is 9.25.